The molecule has 1 rings (SSSR count). The number of nitrogens with zero attached hydrogens (tertiary/aromatic N) is 1. The molecule has 0 aliphatic rings. The molecule has 0 radical (unpaired) electrons. The first-order valence-corrected chi connectivity index (χ1v) is 5.70. The van der Waals surface area contributed by atoms with E-state index < -0.39 is 0 Å². The number of hydrogen-bond acceptors (Lipinski definition) is 3. The third-order valence-corrected chi connectivity index (χ3v) is 2.28. The normalized spacial score (nSPS) is 12.4. The molecule has 0 bridgehead atoms. The number of carbonyl (C=O) groups is 1. The third kappa shape index (κ3) is 4.93. The molecule has 16 heavy (non-hydrogen) atoms. The van der Waals surface area contributed by atoms with Gasteiger partial charge in [0, 0.05) is 37.8 Å². The van der Waals surface area contributed by atoms with Crippen LogP contribution in [0.1, 0.15) is 26.1 Å². The maximum Gasteiger partial charge on any atom is 0.221 e. The van der Waals surface area contributed by atoms with E-state index in [4.69, 9.17) is 0 Å². The molecule has 1 atom stereocenters. The molecule has 0 aromatic carbocycles. The van der Waals surface area contributed by atoms with E-state index in [-0.39, 0.29) is 11.9 Å². The minimum atomic E-state index is 0.0833. The van der Waals surface area contributed by atoms with Gasteiger partial charge in [-0.3, -0.25) is 4.79 Å². The van der Waals surface area contributed by atoms with Crippen molar-refractivity contribution < 1.29 is 4.79 Å². The molecule has 3 N–H and O–H groups in total. The van der Waals surface area contributed by atoms with Crippen molar-refractivity contribution in [3.05, 3.63) is 18.2 Å². The average molecular weight is 224 g/mol. The van der Waals surface area contributed by atoms with Crippen molar-refractivity contribution in [2.45, 2.75) is 32.7 Å². The molecule has 0 spiro atoms. The van der Waals surface area contributed by atoms with Crippen LogP contribution in [-0.2, 0) is 11.2 Å². The van der Waals surface area contributed by atoms with Crippen molar-refractivity contribution in [1.82, 2.24) is 20.6 Å². The number of rotatable bonds is 7. The standard InChI is InChI=1S/C11H20N4O/c1-3-12-9(2)8-11(16)15-5-4-10-13-6-7-14-10/h6-7,9,12H,3-5,8H2,1-2H3,(H,13,14)(H,15,16). The number of nitrogens with one attached hydrogen (secondary N) is 3. The van der Waals surface area contributed by atoms with Crippen molar-refractivity contribution >= 4 is 5.91 Å². The molecule has 5 nitrogen and oxygen atoms in total. The fourth-order valence-electron chi connectivity index (χ4n) is 1.53. The highest BCUT2D eigenvalue weighted by atomic mass is 16.1. The molecular weight excluding hydrogens is 204 g/mol. The lowest BCUT2D eigenvalue weighted by molar-refractivity contribution is -0.121. The highest BCUT2D eigenvalue weighted by Gasteiger charge is 2.07. The van der Waals surface area contributed by atoms with Crippen molar-refractivity contribution in [3.63, 3.8) is 0 Å². The molecule has 0 fully saturated rings. The fourth-order valence-corrected chi connectivity index (χ4v) is 1.53. The lowest BCUT2D eigenvalue weighted by Gasteiger charge is -2.11. The molecule has 0 saturated carbocycles. The molecule has 1 heterocycles. The second kappa shape index (κ2) is 7.00. The van der Waals surface area contributed by atoms with Crippen LogP contribution in [0.4, 0.5) is 0 Å². The highest BCUT2D eigenvalue weighted by molar-refractivity contribution is 5.76. The fraction of sp³-hybridized carbons (Fsp3) is 0.636. The van der Waals surface area contributed by atoms with E-state index in [0.29, 0.717) is 13.0 Å². The summed E-state index contributed by atoms with van der Waals surface area (Å²) >= 11 is 0. The molecule has 1 aromatic rings. The number of amides is 1. The first-order valence-electron chi connectivity index (χ1n) is 5.70. The third-order valence-electron chi connectivity index (χ3n) is 2.28. The number of aromatic amines is 1. The predicted molar refractivity (Wildman–Crippen MR) is 63.1 cm³/mol. The van der Waals surface area contributed by atoms with E-state index in [1.807, 2.05) is 13.8 Å². The summed E-state index contributed by atoms with van der Waals surface area (Å²) in [6, 6.07) is 0.230. The summed E-state index contributed by atoms with van der Waals surface area (Å²) in [4.78, 5) is 18.6. The summed E-state index contributed by atoms with van der Waals surface area (Å²) in [6.45, 7) is 5.56. The zero-order valence-electron chi connectivity index (χ0n) is 9.92. The zero-order valence-corrected chi connectivity index (χ0v) is 9.92. The Balaban J connectivity index is 2.10. The molecule has 90 valence electrons. The maximum absolute atomic E-state index is 11.5. The highest BCUT2D eigenvalue weighted by Crippen LogP contribution is 1.91. The van der Waals surface area contributed by atoms with Crippen LogP contribution >= 0.6 is 0 Å². The average Bonchev–Trinajstić information content (AvgIpc) is 2.70. The minimum absolute atomic E-state index is 0.0833. The van der Waals surface area contributed by atoms with Gasteiger partial charge in [0.15, 0.2) is 0 Å². The van der Waals surface area contributed by atoms with Gasteiger partial charge in [0.2, 0.25) is 5.91 Å². The van der Waals surface area contributed by atoms with E-state index in [1.165, 1.54) is 0 Å². The van der Waals surface area contributed by atoms with E-state index in [1.54, 1.807) is 12.4 Å². The molecule has 0 aliphatic carbocycles. The van der Waals surface area contributed by atoms with Gasteiger partial charge in [-0.2, -0.15) is 0 Å². The van der Waals surface area contributed by atoms with Crippen molar-refractivity contribution in [1.29, 1.82) is 0 Å². The number of hydrogen-bond donors (Lipinski definition) is 3. The topological polar surface area (TPSA) is 69.8 Å². The SMILES string of the molecule is CCNC(C)CC(=O)NCCc1ncc[nH]1. The van der Waals surface area contributed by atoms with Crippen LogP contribution in [0.3, 0.4) is 0 Å². The Hall–Kier alpha value is -1.36. The van der Waals surface area contributed by atoms with Crippen LogP contribution in [0.5, 0.6) is 0 Å². The number of H-pyrrole nitrogens is 1. The van der Waals surface area contributed by atoms with Gasteiger partial charge in [-0.15, -0.1) is 0 Å². The van der Waals surface area contributed by atoms with E-state index in [2.05, 4.69) is 20.6 Å². The lowest BCUT2D eigenvalue weighted by Crippen LogP contribution is -2.34. The number of carbonyl (C=O) groups excluding carboxylic acids is 1. The Labute approximate surface area is 96.0 Å². The van der Waals surface area contributed by atoms with Crippen LogP contribution in [0.2, 0.25) is 0 Å². The van der Waals surface area contributed by atoms with Gasteiger partial charge < -0.3 is 15.6 Å². The smallest absolute Gasteiger partial charge is 0.221 e. The van der Waals surface area contributed by atoms with Gasteiger partial charge in [0.05, 0.1) is 0 Å². The van der Waals surface area contributed by atoms with Gasteiger partial charge in [0.1, 0.15) is 5.82 Å². The number of imidazole rings is 1. The quantitative estimate of drug-likeness (QED) is 0.630. The maximum atomic E-state index is 11.5. The first kappa shape index (κ1) is 12.7. The molecular formula is C11H20N4O. The molecule has 1 aromatic heterocycles. The van der Waals surface area contributed by atoms with Gasteiger partial charge in [-0.25, -0.2) is 4.98 Å². The summed E-state index contributed by atoms with van der Waals surface area (Å²) in [5.74, 6) is 0.986. The van der Waals surface area contributed by atoms with Crippen LogP contribution in [0.15, 0.2) is 12.4 Å². The zero-order chi connectivity index (χ0) is 11.8. The predicted octanol–water partition coefficient (Wildman–Crippen LogP) is 0.457. The Bertz CT molecular complexity index is 297. The summed E-state index contributed by atoms with van der Waals surface area (Å²) in [5.41, 5.74) is 0. The minimum Gasteiger partial charge on any atom is -0.356 e. The van der Waals surface area contributed by atoms with E-state index in [0.717, 1.165) is 18.8 Å². The molecule has 0 saturated heterocycles. The van der Waals surface area contributed by atoms with E-state index in [9.17, 15) is 4.79 Å². The molecule has 1 unspecified atom stereocenters. The Morgan fingerprint density at radius 2 is 2.44 bits per heavy atom. The number of aromatic nitrogens is 2. The Morgan fingerprint density at radius 3 is 3.06 bits per heavy atom. The second-order valence-electron chi connectivity index (χ2n) is 3.80. The summed E-state index contributed by atoms with van der Waals surface area (Å²) in [6.07, 6.45) is 4.76. The lowest BCUT2D eigenvalue weighted by atomic mass is 10.2. The monoisotopic (exact) mass is 224 g/mol. The summed E-state index contributed by atoms with van der Waals surface area (Å²) < 4.78 is 0. The summed E-state index contributed by atoms with van der Waals surface area (Å²) in [7, 11) is 0. The molecule has 5 heteroatoms. The second-order valence-corrected chi connectivity index (χ2v) is 3.80. The van der Waals surface area contributed by atoms with Gasteiger partial charge in [-0.05, 0) is 13.5 Å². The molecule has 0 aliphatic heterocycles. The van der Waals surface area contributed by atoms with Gasteiger partial charge in [0.25, 0.3) is 0 Å². The van der Waals surface area contributed by atoms with Crippen molar-refractivity contribution in [2.24, 2.45) is 0 Å². The molecule has 1 amide bonds. The van der Waals surface area contributed by atoms with Crippen LogP contribution in [-0.4, -0.2) is 35.0 Å². The van der Waals surface area contributed by atoms with Crippen LogP contribution in [0.25, 0.3) is 0 Å². The van der Waals surface area contributed by atoms with Gasteiger partial charge >= 0.3 is 0 Å². The largest absolute Gasteiger partial charge is 0.356 e. The van der Waals surface area contributed by atoms with Gasteiger partial charge in [-0.1, -0.05) is 6.92 Å². The van der Waals surface area contributed by atoms with Crippen LogP contribution < -0.4 is 10.6 Å². The van der Waals surface area contributed by atoms with E-state index >= 15 is 0 Å². The van der Waals surface area contributed by atoms with Crippen molar-refractivity contribution in [3.8, 4) is 0 Å². The van der Waals surface area contributed by atoms with Crippen LogP contribution in [0, 0.1) is 0 Å². The van der Waals surface area contributed by atoms with Crippen molar-refractivity contribution in [2.75, 3.05) is 13.1 Å². The summed E-state index contributed by atoms with van der Waals surface area (Å²) in [5, 5.41) is 6.07. The Morgan fingerprint density at radius 1 is 1.62 bits per heavy atom. The Kier molecular flexibility index (Phi) is 5.56. The first-order chi connectivity index (χ1) is 7.72.